The predicted octanol–water partition coefficient (Wildman–Crippen LogP) is 7.58. The lowest BCUT2D eigenvalue weighted by atomic mass is 10.1. The molecule has 3 aromatic carbocycles. The van der Waals surface area contributed by atoms with Gasteiger partial charge in [-0.05, 0) is 83.9 Å². The van der Waals surface area contributed by atoms with E-state index in [-0.39, 0.29) is 42.1 Å². The average molecular weight is 739 g/mol. The molecule has 0 spiro atoms. The monoisotopic (exact) mass is 738 g/mol. The Morgan fingerprint density at radius 3 is 2.09 bits per heavy atom. The minimum Gasteiger partial charge on any atom is -0.497 e. The van der Waals surface area contributed by atoms with Crippen molar-refractivity contribution < 1.29 is 36.6 Å². The fraction of sp³-hybridized carbons (Fsp3) is 0.175. The molecule has 10 nitrogen and oxygen atoms in total. The number of nitrogens with one attached hydrogen (secondary N) is 2. The zero-order valence-electron chi connectivity index (χ0n) is 29.2. The molecule has 0 unspecified atom stereocenters. The SMILES string of the molecule is COc1ccc(CNC(=O)c2cc3cc(C(=O)N(Cc4ccc(C(F)(F)F)cn4)Cc4ncccc4F)ccc3nc2NCc2ccc(OC)cc2)cc1. The Kier molecular flexibility index (Phi) is 11.3. The highest BCUT2D eigenvalue weighted by atomic mass is 19.4. The topological polar surface area (TPSA) is 119 Å². The number of methoxy groups -OCH3 is 2. The van der Waals surface area contributed by atoms with Crippen molar-refractivity contribution in [2.45, 2.75) is 32.4 Å². The number of aromatic nitrogens is 3. The summed E-state index contributed by atoms with van der Waals surface area (Å²) in [5.41, 5.74) is 1.78. The first kappa shape index (κ1) is 37.2. The molecule has 2 N–H and O–H groups in total. The molecule has 54 heavy (non-hydrogen) atoms. The molecular formula is C40H34F4N6O4. The number of carbonyl (C=O) groups is 2. The summed E-state index contributed by atoms with van der Waals surface area (Å²) in [6.45, 7) is 0.0252. The van der Waals surface area contributed by atoms with Crippen molar-refractivity contribution in [2.75, 3.05) is 19.5 Å². The first-order valence-corrected chi connectivity index (χ1v) is 16.6. The minimum atomic E-state index is -4.59. The largest absolute Gasteiger partial charge is 0.497 e. The van der Waals surface area contributed by atoms with Crippen LogP contribution in [0.15, 0.2) is 109 Å². The molecule has 2 amide bonds. The van der Waals surface area contributed by atoms with Crippen LogP contribution in [0.5, 0.6) is 11.5 Å². The van der Waals surface area contributed by atoms with Gasteiger partial charge in [-0.1, -0.05) is 24.3 Å². The van der Waals surface area contributed by atoms with Crippen molar-refractivity contribution in [3.8, 4) is 11.5 Å². The molecule has 6 aromatic rings. The van der Waals surface area contributed by atoms with Crippen LogP contribution in [0.2, 0.25) is 0 Å². The van der Waals surface area contributed by atoms with Gasteiger partial charge in [-0.25, -0.2) is 9.37 Å². The van der Waals surface area contributed by atoms with E-state index in [1.54, 1.807) is 44.6 Å². The number of fused-ring (bicyclic) bond motifs is 1. The van der Waals surface area contributed by atoms with Crippen LogP contribution in [0, 0.1) is 5.82 Å². The molecule has 6 rings (SSSR count). The maximum absolute atomic E-state index is 14.7. The summed E-state index contributed by atoms with van der Waals surface area (Å²) >= 11 is 0. The van der Waals surface area contributed by atoms with Crippen molar-refractivity contribution in [1.29, 1.82) is 0 Å². The van der Waals surface area contributed by atoms with Crippen LogP contribution < -0.4 is 20.1 Å². The van der Waals surface area contributed by atoms with Gasteiger partial charge < -0.3 is 25.0 Å². The summed E-state index contributed by atoms with van der Waals surface area (Å²) in [6, 6.07) is 25.7. The van der Waals surface area contributed by atoms with E-state index in [1.165, 1.54) is 35.4 Å². The van der Waals surface area contributed by atoms with Crippen LogP contribution in [-0.4, -0.2) is 45.9 Å². The molecule has 0 aliphatic heterocycles. The number of anilines is 1. The third-order valence-electron chi connectivity index (χ3n) is 8.50. The minimum absolute atomic E-state index is 0.0383. The number of pyridine rings is 3. The van der Waals surface area contributed by atoms with Crippen LogP contribution in [0.3, 0.4) is 0 Å². The molecule has 0 fully saturated rings. The zero-order valence-corrected chi connectivity index (χ0v) is 29.2. The average Bonchev–Trinajstić information content (AvgIpc) is 3.19. The fourth-order valence-corrected chi connectivity index (χ4v) is 5.55. The summed E-state index contributed by atoms with van der Waals surface area (Å²) in [6.07, 6.45) is -2.53. The lowest BCUT2D eigenvalue weighted by Crippen LogP contribution is -2.31. The molecule has 3 aromatic heterocycles. The van der Waals surface area contributed by atoms with Gasteiger partial charge in [0.2, 0.25) is 0 Å². The lowest BCUT2D eigenvalue weighted by molar-refractivity contribution is -0.137. The molecule has 3 heterocycles. The van der Waals surface area contributed by atoms with Gasteiger partial charge in [0.05, 0.1) is 55.3 Å². The first-order chi connectivity index (χ1) is 26.0. The van der Waals surface area contributed by atoms with Gasteiger partial charge in [0.15, 0.2) is 0 Å². The summed E-state index contributed by atoms with van der Waals surface area (Å²) in [5.74, 6) is 0.0405. The number of benzene rings is 3. The highest BCUT2D eigenvalue weighted by Gasteiger charge is 2.31. The van der Waals surface area contributed by atoms with Gasteiger partial charge in [-0.15, -0.1) is 0 Å². The summed E-state index contributed by atoms with van der Waals surface area (Å²) in [5, 5.41) is 6.65. The zero-order chi connectivity index (χ0) is 38.2. The number of alkyl halides is 3. The van der Waals surface area contributed by atoms with Crippen LogP contribution in [0.4, 0.5) is 23.4 Å². The van der Waals surface area contributed by atoms with Gasteiger partial charge >= 0.3 is 6.18 Å². The molecule has 14 heteroatoms. The van der Waals surface area contributed by atoms with E-state index in [9.17, 15) is 27.2 Å². The van der Waals surface area contributed by atoms with Crippen molar-refractivity contribution >= 4 is 28.5 Å². The lowest BCUT2D eigenvalue weighted by Gasteiger charge is -2.23. The Morgan fingerprint density at radius 2 is 1.48 bits per heavy atom. The second-order valence-electron chi connectivity index (χ2n) is 12.2. The maximum Gasteiger partial charge on any atom is 0.417 e. The number of ether oxygens (including phenoxy) is 2. The Bertz CT molecular complexity index is 2250. The van der Waals surface area contributed by atoms with Crippen molar-refractivity contribution in [2.24, 2.45) is 0 Å². The maximum atomic E-state index is 14.7. The van der Waals surface area contributed by atoms with E-state index in [0.29, 0.717) is 41.0 Å². The van der Waals surface area contributed by atoms with Crippen LogP contribution >= 0.6 is 0 Å². The number of hydrogen-bond acceptors (Lipinski definition) is 8. The smallest absolute Gasteiger partial charge is 0.417 e. The van der Waals surface area contributed by atoms with E-state index in [4.69, 9.17) is 14.5 Å². The molecular weight excluding hydrogens is 704 g/mol. The Labute approximate surface area is 307 Å². The fourth-order valence-electron chi connectivity index (χ4n) is 5.55. The number of amides is 2. The normalized spacial score (nSPS) is 11.2. The first-order valence-electron chi connectivity index (χ1n) is 16.6. The predicted molar refractivity (Wildman–Crippen MR) is 193 cm³/mol. The van der Waals surface area contributed by atoms with Gasteiger partial charge in [0.1, 0.15) is 23.1 Å². The molecule has 0 atom stereocenters. The Hall–Kier alpha value is -6.57. The summed E-state index contributed by atoms with van der Waals surface area (Å²) < 4.78 is 64.8. The van der Waals surface area contributed by atoms with Gasteiger partial charge in [-0.3, -0.25) is 19.6 Å². The Morgan fingerprint density at radius 1 is 0.796 bits per heavy atom. The van der Waals surface area contributed by atoms with Crippen molar-refractivity contribution in [3.63, 3.8) is 0 Å². The van der Waals surface area contributed by atoms with Crippen LogP contribution in [0.1, 0.15) is 48.8 Å². The quantitative estimate of drug-likeness (QED) is 0.117. The number of rotatable bonds is 13. The molecule has 0 bridgehead atoms. The summed E-state index contributed by atoms with van der Waals surface area (Å²) in [7, 11) is 3.15. The number of carbonyl (C=O) groups excluding carboxylic acids is 2. The second-order valence-corrected chi connectivity index (χ2v) is 12.2. The highest BCUT2D eigenvalue weighted by molar-refractivity contribution is 6.04. The number of halogens is 4. The van der Waals surface area contributed by atoms with E-state index in [0.717, 1.165) is 17.2 Å². The van der Waals surface area contributed by atoms with Crippen LogP contribution in [-0.2, 0) is 32.4 Å². The second kappa shape index (κ2) is 16.4. The van der Waals surface area contributed by atoms with Crippen molar-refractivity contribution in [3.05, 3.63) is 154 Å². The van der Waals surface area contributed by atoms with E-state index in [2.05, 4.69) is 20.6 Å². The van der Waals surface area contributed by atoms with Gasteiger partial charge in [0.25, 0.3) is 11.8 Å². The van der Waals surface area contributed by atoms with Gasteiger partial charge in [-0.2, -0.15) is 13.2 Å². The number of hydrogen-bond donors (Lipinski definition) is 2. The van der Waals surface area contributed by atoms with Gasteiger partial charge in [0, 0.05) is 36.4 Å². The van der Waals surface area contributed by atoms with E-state index in [1.807, 2.05) is 36.4 Å². The number of nitrogens with zero attached hydrogens (tertiary/aromatic N) is 4. The molecule has 0 radical (unpaired) electrons. The van der Waals surface area contributed by atoms with Crippen LogP contribution in [0.25, 0.3) is 10.9 Å². The summed E-state index contributed by atoms with van der Waals surface area (Å²) in [4.78, 5) is 41.7. The Balaban J connectivity index is 1.31. The standard InChI is InChI=1S/C40H34F4N6O4/c1-53-31-12-5-25(6-13-31)20-47-37-33(38(51)48-21-26-7-14-32(54-2)15-8-26)19-28-18-27(9-16-35(28)49-37)39(52)50(24-36-34(41)4-3-17-45-36)23-30-11-10-29(22-46-30)40(42,43)44/h3-19,22H,20-21,23-24H2,1-2H3,(H,47,49)(H,48,51). The molecule has 0 aliphatic rings. The molecule has 0 saturated carbocycles. The van der Waals surface area contributed by atoms with E-state index >= 15 is 0 Å². The van der Waals surface area contributed by atoms with Crippen molar-refractivity contribution in [1.82, 2.24) is 25.2 Å². The molecule has 276 valence electrons. The molecule has 0 aliphatic carbocycles. The molecule has 0 saturated heterocycles. The third-order valence-corrected chi connectivity index (χ3v) is 8.50. The third kappa shape index (κ3) is 9.07. The highest BCUT2D eigenvalue weighted by Crippen LogP contribution is 2.29. The van der Waals surface area contributed by atoms with E-state index < -0.39 is 29.4 Å².